The number of aryl methyl sites for hydroxylation is 1. The lowest BCUT2D eigenvalue weighted by Gasteiger charge is -2.13. The quantitative estimate of drug-likeness (QED) is 0.201. The van der Waals surface area contributed by atoms with Crippen LogP contribution in [-0.4, -0.2) is 15.2 Å². The summed E-state index contributed by atoms with van der Waals surface area (Å²) in [6, 6.07) is 15.0. The fraction of sp³-hybridized carbons (Fsp3) is 0.0476. The largest absolute Gasteiger partial charge is 0.457 e. The number of hydrogen-bond donors (Lipinski definition) is 0. The minimum atomic E-state index is -0.515. The number of amides is 1. The fourth-order valence-corrected chi connectivity index (χ4v) is 4.36. The van der Waals surface area contributed by atoms with E-state index in [2.05, 4.69) is 0 Å². The standard InChI is InChI=1S/C21H13ClN2O4S2/c1-12-5-6-13(9-17(12)22)18-8-7-16(28-18)11-19-20(25)23(21(29)30-19)14-3-2-4-15(10-14)24(26)27/h2-11H,1H3/b19-11-. The molecule has 0 unspecified atom stereocenters. The van der Waals surface area contributed by atoms with Crippen LogP contribution in [0.25, 0.3) is 17.4 Å². The Balaban J connectivity index is 1.61. The van der Waals surface area contributed by atoms with Crippen molar-refractivity contribution in [2.45, 2.75) is 6.92 Å². The lowest BCUT2D eigenvalue weighted by atomic mass is 10.1. The molecule has 2 heterocycles. The third kappa shape index (κ3) is 3.89. The molecule has 9 heteroatoms. The summed E-state index contributed by atoms with van der Waals surface area (Å²) < 4.78 is 6.15. The highest BCUT2D eigenvalue weighted by atomic mass is 35.5. The summed E-state index contributed by atoms with van der Waals surface area (Å²) in [5.74, 6) is 0.750. The van der Waals surface area contributed by atoms with Crippen LogP contribution in [0.4, 0.5) is 11.4 Å². The third-order valence-corrected chi connectivity index (χ3v) is 6.16. The first-order chi connectivity index (χ1) is 14.3. The summed E-state index contributed by atoms with van der Waals surface area (Å²) in [5.41, 5.74) is 2.04. The Bertz CT molecular complexity index is 1240. The van der Waals surface area contributed by atoms with Crippen LogP contribution >= 0.6 is 35.6 Å². The topological polar surface area (TPSA) is 76.6 Å². The number of nitro groups is 1. The van der Waals surface area contributed by atoms with Crippen molar-refractivity contribution in [3.63, 3.8) is 0 Å². The van der Waals surface area contributed by atoms with Gasteiger partial charge in [0.25, 0.3) is 11.6 Å². The zero-order chi connectivity index (χ0) is 21.4. The van der Waals surface area contributed by atoms with E-state index in [1.807, 2.05) is 25.1 Å². The van der Waals surface area contributed by atoms with Gasteiger partial charge in [0.1, 0.15) is 11.5 Å². The van der Waals surface area contributed by atoms with Gasteiger partial charge >= 0.3 is 0 Å². The van der Waals surface area contributed by atoms with Gasteiger partial charge in [0.2, 0.25) is 0 Å². The van der Waals surface area contributed by atoms with Gasteiger partial charge < -0.3 is 4.42 Å². The molecule has 2 aromatic carbocycles. The zero-order valence-corrected chi connectivity index (χ0v) is 17.9. The Kier molecular flexibility index (Phi) is 5.46. The van der Waals surface area contributed by atoms with Gasteiger partial charge in [-0.2, -0.15) is 0 Å². The summed E-state index contributed by atoms with van der Waals surface area (Å²) >= 11 is 12.6. The SMILES string of the molecule is Cc1ccc(-c2ccc(/C=C3\SC(=S)N(c4cccc([N+](=O)[O-])c4)C3=O)o2)cc1Cl. The first-order valence-corrected chi connectivity index (χ1v) is 10.3. The monoisotopic (exact) mass is 456 g/mol. The maximum atomic E-state index is 12.9. The number of non-ortho nitro benzene ring substituents is 1. The molecule has 1 fully saturated rings. The predicted molar refractivity (Wildman–Crippen MR) is 123 cm³/mol. The van der Waals surface area contributed by atoms with Gasteiger partial charge in [-0.1, -0.05) is 53.8 Å². The van der Waals surface area contributed by atoms with E-state index in [4.69, 9.17) is 28.2 Å². The van der Waals surface area contributed by atoms with E-state index in [1.165, 1.54) is 23.1 Å². The number of benzene rings is 2. The second-order valence-electron chi connectivity index (χ2n) is 6.46. The number of furan rings is 1. The van der Waals surface area contributed by atoms with Crippen LogP contribution in [-0.2, 0) is 4.79 Å². The van der Waals surface area contributed by atoms with Crippen LogP contribution in [0.2, 0.25) is 5.02 Å². The van der Waals surface area contributed by atoms with Gasteiger partial charge in [0.15, 0.2) is 4.32 Å². The van der Waals surface area contributed by atoms with Gasteiger partial charge in [-0.05, 0) is 36.8 Å². The molecule has 1 saturated heterocycles. The number of rotatable bonds is 4. The van der Waals surface area contributed by atoms with Crippen LogP contribution in [0.15, 0.2) is 63.9 Å². The van der Waals surface area contributed by atoms with E-state index >= 15 is 0 Å². The molecule has 0 saturated carbocycles. The Labute approximate surface area is 186 Å². The lowest BCUT2D eigenvalue weighted by Crippen LogP contribution is -2.27. The van der Waals surface area contributed by atoms with Gasteiger partial charge in [-0.15, -0.1) is 0 Å². The summed E-state index contributed by atoms with van der Waals surface area (Å²) in [7, 11) is 0. The minimum absolute atomic E-state index is 0.113. The molecule has 30 heavy (non-hydrogen) atoms. The van der Waals surface area contributed by atoms with Crippen molar-refractivity contribution >= 4 is 63.3 Å². The number of nitro benzene ring substituents is 1. The average molecular weight is 457 g/mol. The molecule has 1 aliphatic heterocycles. The summed E-state index contributed by atoms with van der Waals surface area (Å²) in [4.78, 5) is 25.0. The number of thioether (sulfide) groups is 1. The minimum Gasteiger partial charge on any atom is -0.457 e. The van der Waals surface area contributed by atoms with Crippen LogP contribution in [0.3, 0.4) is 0 Å². The number of hydrogen-bond acceptors (Lipinski definition) is 6. The van der Waals surface area contributed by atoms with Gasteiger partial charge in [-0.3, -0.25) is 19.8 Å². The highest BCUT2D eigenvalue weighted by molar-refractivity contribution is 8.27. The van der Waals surface area contributed by atoms with Crippen molar-refractivity contribution in [1.82, 2.24) is 0 Å². The number of nitrogens with zero attached hydrogens (tertiary/aromatic N) is 2. The Morgan fingerprint density at radius 2 is 2.00 bits per heavy atom. The first kappa shape index (κ1) is 20.3. The molecule has 0 aliphatic carbocycles. The van der Waals surface area contributed by atoms with E-state index in [9.17, 15) is 14.9 Å². The van der Waals surface area contributed by atoms with Crippen LogP contribution in [0.1, 0.15) is 11.3 Å². The Morgan fingerprint density at radius 3 is 2.73 bits per heavy atom. The normalized spacial score (nSPS) is 15.3. The van der Waals surface area contributed by atoms with Crippen molar-refractivity contribution in [3.8, 4) is 11.3 Å². The van der Waals surface area contributed by atoms with Crippen molar-refractivity contribution < 1.29 is 14.1 Å². The van der Waals surface area contributed by atoms with E-state index in [1.54, 1.807) is 24.3 Å². The van der Waals surface area contributed by atoms with Crippen molar-refractivity contribution in [3.05, 3.63) is 86.0 Å². The molecule has 3 aromatic rings. The number of carbonyl (C=O) groups is 1. The molecule has 1 aromatic heterocycles. The number of thiocarbonyl (C=S) groups is 1. The Hall–Kier alpha value is -2.94. The molecule has 4 rings (SSSR count). The van der Waals surface area contributed by atoms with Gasteiger partial charge in [-0.25, -0.2) is 0 Å². The zero-order valence-electron chi connectivity index (χ0n) is 15.5. The third-order valence-electron chi connectivity index (χ3n) is 4.45. The highest BCUT2D eigenvalue weighted by Gasteiger charge is 2.34. The van der Waals surface area contributed by atoms with E-state index < -0.39 is 4.92 Å². The predicted octanol–water partition coefficient (Wildman–Crippen LogP) is 6.22. The van der Waals surface area contributed by atoms with Crippen molar-refractivity contribution in [2.24, 2.45) is 0 Å². The molecule has 6 nitrogen and oxygen atoms in total. The summed E-state index contributed by atoms with van der Waals surface area (Å²) in [6.07, 6.45) is 1.61. The number of anilines is 1. The molecule has 0 atom stereocenters. The van der Waals surface area contributed by atoms with Crippen molar-refractivity contribution in [2.75, 3.05) is 4.90 Å². The second-order valence-corrected chi connectivity index (χ2v) is 8.54. The summed E-state index contributed by atoms with van der Waals surface area (Å²) in [6.45, 7) is 1.92. The molecule has 1 amide bonds. The van der Waals surface area contributed by atoms with Crippen LogP contribution < -0.4 is 4.90 Å². The maximum absolute atomic E-state index is 12.9. The average Bonchev–Trinajstić information content (AvgIpc) is 3.29. The van der Waals surface area contributed by atoms with Crippen molar-refractivity contribution in [1.29, 1.82) is 0 Å². The Morgan fingerprint density at radius 1 is 1.20 bits per heavy atom. The number of halogens is 1. The van der Waals surface area contributed by atoms with Crippen LogP contribution in [0, 0.1) is 17.0 Å². The maximum Gasteiger partial charge on any atom is 0.271 e. The molecular formula is C21H13ClN2O4S2. The molecule has 1 aliphatic rings. The fourth-order valence-electron chi connectivity index (χ4n) is 2.90. The van der Waals surface area contributed by atoms with E-state index in [-0.39, 0.29) is 11.6 Å². The second kappa shape index (κ2) is 8.06. The lowest BCUT2D eigenvalue weighted by molar-refractivity contribution is -0.384. The molecule has 0 N–H and O–H groups in total. The smallest absolute Gasteiger partial charge is 0.271 e. The van der Waals surface area contributed by atoms with Gasteiger partial charge in [0, 0.05) is 28.8 Å². The van der Waals surface area contributed by atoms with E-state index in [0.717, 1.165) is 22.9 Å². The molecule has 0 radical (unpaired) electrons. The molecule has 0 bridgehead atoms. The highest BCUT2D eigenvalue weighted by Crippen LogP contribution is 2.37. The molecule has 150 valence electrons. The molecule has 0 spiro atoms. The summed E-state index contributed by atoms with van der Waals surface area (Å²) in [5, 5.41) is 11.7. The number of carbonyl (C=O) groups excluding carboxylic acids is 1. The van der Waals surface area contributed by atoms with Gasteiger partial charge in [0.05, 0.1) is 15.5 Å². The van der Waals surface area contributed by atoms with Crippen LogP contribution in [0.5, 0.6) is 0 Å². The molecular weight excluding hydrogens is 444 g/mol. The first-order valence-electron chi connectivity index (χ1n) is 8.72. The van der Waals surface area contributed by atoms with E-state index in [0.29, 0.717) is 31.5 Å².